The van der Waals surface area contributed by atoms with Crippen molar-refractivity contribution in [3.8, 4) is 0 Å². The van der Waals surface area contributed by atoms with Gasteiger partial charge < -0.3 is 10.2 Å². The summed E-state index contributed by atoms with van der Waals surface area (Å²) >= 11 is 0. The predicted octanol–water partition coefficient (Wildman–Crippen LogP) is 4.01. The van der Waals surface area contributed by atoms with Gasteiger partial charge in [-0.2, -0.15) is 0 Å². The summed E-state index contributed by atoms with van der Waals surface area (Å²) in [5.74, 6) is -0.627. The molecule has 0 spiro atoms. The van der Waals surface area contributed by atoms with Crippen LogP contribution >= 0.6 is 0 Å². The van der Waals surface area contributed by atoms with Gasteiger partial charge in [-0.15, -0.1) is 0 Å². The standard InChI is InChI=1S/C23H29FN2O2/c1-4-5-14-25-23(28)18(3)26(16-19-10-12-21(24)13-11-19)22(27)15-20-9-7-6-8-17(20)2/h6-13,18H,4-5,14-16H2,1-3H3,(H,25,28)/t18-/m0/s1. The Bertz CT molecular complexity index is 789. The van der Waals surface area contributed by atoms with Crippen molar-refractivity contribution in [2.75, 3.05) is 6.54 Å². The van der Waals surface area contributed by atoms with Gasteiger partial charge in [0.1, 0.15) is 11.9 Å². The van der Waals surface area contributed by atoms with Crippen LogP contribution in [0.4, 0.5) is 4.39 Å². The summed E-state index contributed by atoms with van der Waals surface area (Å²) in [4.78, 5) is 27.2. The zero-order valence-corrected chi connectivity index (χ0v) is 16.9. The number of rotatable bonds is 9. The van der Waals surface area contributed by atoms with Crippen LogP contribution in [0.15, 0.2) is 48.5 Å². The average molecular weight is 384 g/mol. The second-order valence-electron chi connectivity index (χ2n) is 7.07. The summed E-state index contributed by atoms with van der Waals surface area (Å²) < 4.78 is 13.2. The molecule has 0 aliphatic carbocycles. The van der Waals surface area contributed by atoms with Crippen LogP contribution in [0.1, 0.15) is 43.4 Å². The Morgan fingerprint density at radius 1 is 1.11 bits per heavy atom. The van der Waals surface area contributed by atoms with E-state index in [2.05, 4.69) is 12.2 Å². The Kier molecular flexibility index (Phi) is 8.18. The number of aryl methyl sites for hydroxylation is 1. The number of halogens is 1. The molecular weight excluding hydrogens is 355 g/mol. The number of amides is 2. The zero-order valence-electron chi connectivity index (χ0n) is 16.9. The van der Waals surface area contributed by atoms with Gasteiger partial charge in [0, 0.05) is 13.1 Å². The molecule has 1 N–H and O–H groups in total. The topological polar surface area (TPSA) is 49.4 Å². The highest BCUT2D eigenvalue weighted by Crippen LogP contribution is 2.15. The van der Waals surface area contributed by atoms with Crippen molar-refractivity contribution < 1.29 is 14.0 Å². The first kappa shape index (κ1) is 21.6. The Morgan fingerprint density at radius 3 is 2.43 bits per heavy atom. The van der Waals surface area contributed by atoms with Gasteiger partial charge in [0.15, 0.2) is 0 Å². The number of carbonyl (C=O) groups excluding carboxylic acids is 2. The highest BCUT2D eigenvalue weighted by Gasteiger charge is 2.26. The molecule has 1 atom stereocenters. The molecule has 2 aromatic carbocycles. The fourth-order valence-electron chi connectivity index (χ4n) is 2.98. The minimum atomic E-state index is -0.613. The first-order chi connectivity index (χ1) is 13.4. The third-order valence-electron chi connectivity index (χ3n) is 4.87. The van der Waals surface area contributed by atoms with E-state index in [4.69, 9.17) is 0 Å². The first-order valence-electron chi connectivity index (χ1n) is 9.78. The van der Waals surface area contributed by atoms with Crippen molar-refractivity contribution in [3.63, 3.8) is 0 Å². The second-order valence-corrected chi connectivity index (χ2v) is 7.07. The molecule has 2 amide bonds. The molecule has 5 heteroatoms. The maximum atomic E-state index is 13.2. The van der Waals surface area contributed by atoms with Gasteiger partial charge in [0.25, 0.3) is 0 Å². The van der Waals surface area contributed by atoms with Gasteiger partial charge >= 0.3 is 0 Å². The number of nitrogens with one attached hydrogen (secondary N) is 1. The zero-order chi connectivity index (χ0) is 20.5. The van der Waals surface area contributed by atoms with E-state index >= 15 is 0 Å². The van der Waals surface area contributed by atoms with Gasteiger partial charge in [-0.05, 0) is 49.1 Å². The predicted molar refractivity (Wildman–Crippen MR) is 109 cm³/mol. The average Bonchev–Trinajstić information content (AvgIpc) is 2.68. The quantitative estimate of drug-likeness (QED) is 0.664. The number of unbranched alkanes of at least 4 members (excludes halogenated alkanes) is 1. The van der Waals surface area contributed by atoms with E-state index in [9.17, 15) is 14.0 Å². The van der Waals surface area contributed by atoms with E-state index in [1.807, 2.05) is 31.2 Å². The normalized spacial score (nSPS) is 11.7. The Hall–Kier alpha value is -2.69. The minimum Gasteiger partial charge on any atom is -0.354 e. The molecule has 2 rings (SSSR count). The smallest absolute Gasteiger partial charge is 0.242 e. The number of nitrogens with zero attached hydrogens (tertiary/aromatic N) is 1. The number of benzene rings is 2. The van der Waals surface area contributed by atoms with Crippen molar-refractivity contribution in [1.29, 1.82) is 0 Å². The second kappa shape index (κ2) is 10.6. The van der Waals surface area contributed by atoms with E-state index in [-0.39, 0.29) is 30.6 Å². The van der Waals surface area contributed by atoms with Crippen LogP contribution in [-0.2, 0) is 22.6 Å². The lowest BCUT2D eigenvalue weighted by Crippen LogP contribution is -2.48. The summed E-state index contributed by atoms with van der Waals surface area (Å²) in [6.45, 7) is 6.61. The lowest BCUT2D eigenvalue weighted by atomic mass is 10.0. The third-order valence-corrected chi connectivity index (χ3v) is 4.87. The van der Waals surface area contributed by atoms with E-state index in [1.165, 1.54) is 12.1 Å². The molecule has 0 unspecified atom stereocenters. The Morgan fingerprint density at radius 2 is 1.79 bits per heavy atom. The first-order valence-corrected chi connectivity index (χ1v) is 9.78. The highest BCUT2D eigenvalue weighted by atomic mass is 19.1. The minimum absolute atomic E-state index is 0.128. The largest absolute Gasteiger partial charge is 0.354 e. The van der Waals surface area contributed by atoms with Crippen LogP contribution in [0.2, 0.25) is 0 Å². The molecule has 28 heavy (non-hydrogen) atoms. The maximum Gasteiger partial charge on any atom is 0.242 e. The Labute approximate surface area is 166 Å². The summed E-state index contributed by atoms with van der Waals surface area (Å²) in [7, 11) is 0. The fourth-order valence-corrected chi connectivity index (χ4v) is 2.98. The van der Waals surface area contributed by atoms with Crippen molar-refractivity contribution in [3.05, 3.63) is 71.0 Å². The number of hydrogen-bond donors (Lipinski definition) is 1. The van der Waals surface area contributed by atoms with Gasteiger partial charge in [0.2, 0.25) is 11.8 Å². The molecule has 0 saturated carbocycles. The highest BCUT2D eigenvalue weighted by molar-refractivity contribution is 5.88. The van der Waals surface area contributed by atoms with Crippen molar-refractivity contribution >= 4 is 11.8 Å². The van der Waals surface area contributed by atoms with Crippen LogP contribution in [0.25, 0.3) is 0 Å². The molecule has 0 saturated heterocycles. The molecule has 4 nitrogen and oxygen atoms in total. The lowest BCUT2D eigenvalue weighted by molar-refractivity contribution is -0.140. The van der Waals surface area contributed by atoms with Gasteiger partial charge in [-0.3, -0.25) is 9.59 Å². The van der Waals surface area contributed by atoms with Crippen LogP contribution in [0.3, 0.4) is 0 Å². The Balaban J connectivity index is 2.18. The number of hydrogen-bond acceptors (Lipinski definition) is 2. The summed E-state index contributed by atoms with van der Waals surface area (Å²) in [5.41, 5.74) is 2.76. The summed E-state index contributed by atoms with van der Waals surface area (Å²) in [6, 6.07) is 13.1. The molecule has 150 valence electrons. The molecule has 0 aliphatic heterocycles. The van der Waals surface area contributed by atoms with Crippen LogP contribution < -0.4 is 5.32 Å². The van der Waals surface area contributed by atoms with Gasteiger partial charge in [-0.1, -0.05) is 49.7 Å². The van der Waals surface area contributed by atoms with Crippen molar-refractivity contribution in [2.45, 2.75) is 52.6 Å². The molecular formula is C23H29FN2O2. The van der Waals surface area contributed by atoms with Crippen LogP contribution in [-0.4, -0.2) is 29.3 Å². The molecule has 0 radical (unpaired) electrons. The summed E-state index contributed by atoms with van der Waals surface area (Å²) in [6.07, 6.45) is 2.11. The molecule has 2 aromatic rings. The third kappa shape index (κ3) is 6.19. The number of carbonyl (C=O) groups is 2. The summed E-state index contributed by atoms with van der Waals surface area (Å²) in [5, 5.41) is 2.90. The van der Waals surface area contributed by atoms with Crippen LogP contribution in [0, 0.1) is 12.7 Å². The lowest BCUT2D eigenvalue weighted by Gasteiger charge is -2.29. The SMILES string of the molecule is CCCCNC(=O)[C@H](C)N(Cc1ccc(F)cc1)C(=O)Cc1ccccc1C. The molecule has 0 fully saturated rings. The van der Waals surface area contributed by atoms with Crippen molar-refractivity contribution in [1.82, 2.24) is 10.2 Å². The van der Waals surface area contributed by atoms with Gasteiger partial charge in [0.05, 0.1) is 6.42 Å². The molecule has 0 aliphatic rings. The van der Waals surface area contributed by atoms with E-state index in [0.717, 1.165) is 29.5 Å². The van der Waals surface area contributed by atoms with E-state index in [1.54, 1.807) is 24.0 Å². The fraction of sp³-hybridized carbons (Fsp3) is 0.391. The molecule has 0 heterocycles. The van der Waals surface area contributed by atoms with E-state index in [0.29, 0.717) is 6.54 Å². The van der Waals surface area contributed by atoms with Gasteiger partial charge in [-0.25, -0.2) is 4.39 Å². The monoisotopic (exact) mass is 384 g/mol. The van der Waals surface area contributed by atoms with Crippen molar-refractivity contribution in [2.24, 2.45) is 0 Å². The van der Waals surface area contributed by atoms with E-state index < -0.39 is 6.04 Å². The van der Waals surface area contributed by atoms with Crippen LogP contribution in [0.5, 0.6) is 0 Å². The maximum absolute atomic E-state index is 13.2. The molecule has 0 bridgehead atoms. The molecule has 0 aromatic heterocycles.